The van der Waals surface area contributed by atoms with Crippen LogP contribution >= 0.6 is 0 Å². The number of hydrogen-bond acceptors (Lipinski definition) is 7. The molecule has 7 nitrogen and oxygen atoms in total. The molecular weight excluding hydrogens is 421 g/mol. The van der Waals surface area contributed by atoms with Crippen molar-refractivity contribution in [3.8, 4) is 11.8 Å². The van der Waals surface area contributed by atoms with Crippen molar-refractivity contribution in [3.63, 3.8) is 0 Å². The lowest BCUT2D eigenvalue weighted by Crippen LogP contribution is -2.51. The molecule has 0 unspecified atom stereocenters. The molecule has 0 N–H and O–H groups in total. The van der Waals surface area contributed by atoms with Gasteiger partial charge in [0.05, 0.1) is 12.2 Å². The molecule has 0 bridgehead atoms. The van der Waals surface area contributed by atoms with Crippen LogP contribution in [0.25, 0.3) is 0 Å². The zero-order valence-corrected chi connectivity index (χ0v) is 17.6. The van der Waals surface area contributed by atoms with E-state index < -0.39 is 11.7 Å². The number of hydrogen-bond donors (Lipinski definition) is 0. The average Bonchev–Trinajstić information content (AvgIpc) is 2.83. The zero-order valence-electron chi connectivity index (χ0n) is 17.6. The largest absolute Gasteiger partial charge is 0.492 e. The summed E-state index contributed by atoms with van der Waals surface area (Å²) >= 11 is 0. The van der Waals surface area contributed by atoms with Crippen LogP contribution in [0.3, 0.4) is 0 Å². The maximum atomic E-state index is 12.7. The molecule has 1 aliphatic heterocycles. The number of rotatable bonds is 5. The summed E-state index contributed by atoms with van der Waals surface area (Å²) in [6.45, 7) is 3.70. The minimum Gasteiger partial charge on any atom is -0.492 e. The first-order valence-corrected chi connectivity index (χ1v) is 10.8. The molecular formula is C22H25F3N6O. The average molecular weight is 446 g/mol. The van der Waals surface area contributed by atoms with Gasteiger partial charge in [-0.1, -0.05) is 0 Å². The lowest BCUT2D eigenvalue weighted by atomic mass is 9.85. The molecule has 0 spiro atoms. The number of nitriles is 1. The quantitative estimate of drug-likeness (QED) is 0.695. The third-order valence-corrected chi connectivity index (χ3v) is 6.27. The van der Waals surface area contributed by atoms with Crippen LogP contribution in [0, 0.1) is 17.2 Å². The molecule has 0 amide bonds. The fourth-order valence-electron chi connectivity index (χ4n) is 4.39. The first-order chi connectivity index (χ1) is 15.4. The molecule has 0 aromatic carbocycles. The van der Waals surface area contributed by atoms with E-state index >= 15 is 0 Å². The molecule has 0 atom stereocenters. The summed E-state index contributed by atoms with van der Waals surface area (Å²) in [6.07, 6.45) is 4.74. The van der Waals surface area contributed by atoms with Gasteiger partial charge >= 0.3 is 6.18 Å². The van der Waals surface area contributed by atoms with E-state index in [9.17, 15) is 13.2 Å². The van der Waals surface area contributed by atoms with Gasteiger partial charge in [-0.3, -0.25) is 9.88 Å². The molecule has 0 radical (unpaired) electrons. The van der Waals surface area contributed by atoms with Gasteiger partial charge in [-0.2, -0.15) is 18.4 Å². The minimum absolute atomic E-state index is 0.353. The van der Waals surface area contributed by atoms with E-state index in [1.54, 1.807) is 12.3 Å². The molecule has 170 valence electrons. The highest BCUT2D eigenvalue weighted by Gasteiger charge is 2.32. The van der Waals surface area contributed by atoms with Gasteiger partial charge in [0, 0.05) is 57.0 Å². The van der Waals surface area contributed by atoms with Crippen LogP contribution in [0.5, 0.6) is 5.75 Å². The van der Waals surface area contributed by atoms with Gasteiger partial charge in [0.15, 0.2) is 0 Å². The van der Waals surface area contributed by atoms with Crippen molar-refractivity contribution >= 4 is 5.95 Å². The van der Waals surface area contributed by atoms with Crippen molar-refractivity contribution in [2.45, 2.75) is 37.9 Å². The Morgan fingerprint density at radius 3 is 2.34 bits per heavy atom. The molecule has 1 aliphatic carbocycles. The summed E-state index contributed by atoms with van der Waals surface area (Å²) < 4.78 is 43.9. The fraction of sp³-hybridized carbons (Fsp3) is 0.545. The number of pyridine rings is 1. The Kier molecular flexibility index (Phi) is 6.74. The molecule has 4 rings (SSSR count). The van der Waals surface area contributed by atoms with Crippen molar-refractivity contribution in [2.75, 3.05) is 37.7 Å². The Morgan fingerprint density at radius 1 is 1.03 bits per heavy atom. The monoisotopic (exact) mass is 446 g/mol. The standard InChI is InChI=1S/C22H25F3N6O/c23-22(24,25)18-13-28-21(29-14-18)31-9-7-30(8-10-31)19-3-1-16(2-4-19)15-32-20-5-6-27-12-17(20)11-26/h5-6,12-14,16,19H,1-4,7-10,15H2/t16-,19-. The van der Waals surface area contributed by atoms with E-state index in [4.69, 9.17) is 10.00 Å². The maximum absolute atomic E-state index is 12.7. The van der Waals surface area contributed by atoms with Crippen LogP contribution in [0.4, 0.5) is 19.1 Å². The van der Waals surface area contributed by atoms with Crippen LogP contribution in [0.2, 0.25) is 0 Å². The van der Waals surface area contributed by atoms with Gasteiger partial charge in [-0.15, -0.1) is 0 Å². The Morgan fingerprint density at radius 2 is 1.72 bits per heavy atom. The molecule has 2 fully saturated rings. The minimum atomic E-state index is -4.42. The van der Waals surface area contributed by atoms with Crippen molar-refractivity contribution < 1.29 is 17.9 Å². The Bertz CT molecular complexity index is 930. The van der Waals surface area contributed by atoms with Crippen LogP contribution in [0.1, 0.15) is 36.8 Å². The molecule has 1 saturated carbocycles. The van der Waals surface area contributed by atoms with Crippen LogP contribution in [-0.2, 0) is 6.18 Å². The summed E-state index contributed by atoms with van der Waals surface area (Å²) in [5.74, 6) is 1.41. The number of ether oxygens (including phenoxy) is 1. The molecule has 10 heteroatoms. The topological polar surface area (TPSA) is 78.2 Å². The second kappa shape index (κ2) is 9.69. The summed E-state index contributed by atoms with van der Waals surface area (Å²) in [7, 11) is 0. The van der Waals surface area contributed by atoms with Crippen molar-refractivity contribution in [1.29, 1.82) is 5.26 Å². The highest BCUT2D eigenvalue weighted by molar-refractivity contribution is 5.40. The maximum Gasteiger partial charge on any atom is 0.419 e. The number of alkyl halides is 3. The van der Waals surface area contributed by atoms with Crippen molar-refractivity contribution in [3.05, 3.63) is 42.0 Å². The van der Waals surface area contributed by atoms with E-state index in [0.29, 0.717) is 48.9 Å². The van der Waals surface area contributed by atoms with Crippen LogP contribution in [0.15, 0.2) is 30.9 Å². The van der Waals surface area contributed by atoms with Crippen LogP contribution in [-0.4, -0.2) is 58.7 Å². The lowest BCUT2D eigenvalue weighted by Gasteiger charge is -2.42. The van der Waals surface area contributed by atoms with Gasteiger partial charge in [0.2, 0.25) is 5.95 Å². The Hall–Kier alpha value is -2.93. The summed E-state index contributed by atoms with van der Waals surface area (Å²) in [4.78, 5) is 16.2. The summed E-state index contributed by atoms with van der Waals surface area (Å²) in [6, 6.07) is 4.34. The van der Waals surface area contributed by atoms with Gasteiger partial charge in [-0.25, -0.2) is 9.97 Å². The molecule has 3 heterocycles. The molecule has 32 heavy (non-hydrogen) atoms. The second-order valence-corrected chi connectivity index (χ2v) is 8.26. The van der Waals surface area contributed by atoms with Crippen molar-refractivity contribution in [2.24, 2.45) is 5.92 Å². The normalized spacial score (nSPS) is 22.4. The predicted molar refractivity (Wildman–Crippen MR) is 111 cm³/mol. The van der Waals surface area contributed by atoms with E-state index in [0.717, 1.165) is 51.2 Å². The number of piperazine rings is 1. The molecule has 2 aromatic heterocycles. The number of aromatic nitrogens is 3. The summed E-state index contributed by atoms with van der Waals surface area (Å²) in [5, 5.41) is 9.14. The van der Waals surface area contributed by atoms with E-state index in [2.05, 4.69) is 25.9 Å². The van der Waals surface area contributed by atoms with Gasteiger partial charge in [0.25, 0.3) is 0 Å². The van der Waals surface area contributed by atoms with E-state index in [-0.39, 0.29) is 0 Å². The Balaban J connectivity index is 1.21. The SMILES string of the molecule is N#Cc1cnccc1OC[C@H]1CC[C@H](N2CCN(c3ncc(C(F)(F)F)cn3)CC2)CC1. The van der Waals surface area contributed by atoms with Crippen molar-refractivity contribution in [1.82, 2.24) is 19.9 Å². The van der Waals surface area contributed by atoms with Gasteiger partial charge in [-0.05, 0) is 37.7 Å². The highest BCUT2D eigenvalue weighted by Crippen LogP contribution is 2.30. The van der Waals surface area contributed by atoms with E-state index in [1.165, 1.54) is 6.20 Å². The number of nitrogens with zero attached hydrogens (tertiary/aromatic N) is 6. The third kappa shape index (κ3) is 5.27. The van der Waals surface area contributed by atoms with E-state index in [1.807, 2.05) is 4.90 Å². The number of anilines is 1. The second-order valence-electron chi connectivity index (χ2n) is 8.26. The highest BCUT2D eigenvalue weighted by atomic mass is 19.4. The van der Waals surface area contributed by atoms with Gasteiger partial charge in [0.1, 0.15) is 17.4 Å². The predicted octanol–water partition coefficient (Wildman–Crippen LogP) is 3.52. The first-order valence-electron chi connectivity index (χ1n) is 10.8. The smallest absolute Gasteiger partial charge is 0.419 e. The van der Waals surface area contributed by atoms with Gasteiger partial charge < -0.3 is 9.64 Å². The molecule has 2 aliphatic rings. The zero-order chi connectivity index (χ0) is 22.6. The molecule has 2 aromatic rings. The third-order valence-electron chi connectivity index (χ3n) is 6.27. The first kappa shape index (κ1) is 22.3. The summed E-state index contributed by atoms with van der Waals surface area (Å²) in [5.41, 5.74) is -0.371. The van der Waals surface area contributed by atoms with Crippen LogP contribution < -0.4 is 9.64 Å². The fourth-order valence-corrected chi connectivity index (χ4v) is 4.39. The molecule has 1 saturated heterocycles. The Labute approximate surface area is 184 Å². The lowest BCUT2D eigenvalue weighted by molar-refractivity contribution is -0.138. The number of halogens is 3.